The van der Waals surface area contributed by atoms with Crippen LogP contribution in [-0.4, -0.2) is 16.1 Å². The Balaban J connectivity index is 2.33. The minimum Gasteiger partial charge on any atom is -0.478 e. The molecule has 0 radical (unpaired) electrons. The maximum Gasteiger partial charge on any atom is 0.335 e. The summed E-state index contributed by atoms with van der Waals surface area (Å²) < 4.78 is 31.3. The van der Waals surface area contributed by atoms with E-state index in [2.05, 4.69) is 4.98 Å². The smallest absolute Gasteiger partial charge is 0.335 e. The number of carbonyl (C=O) groups is 1. The second-order valence-electron chi connectivity index (χ2n) is 4.42. The van der Waals surface area contributed by atoms with Gasteiger partial charge in [-0.1, -0.05) is 13.3 Å². The quantitative estimate of drug-likeness (QED) is 0.910. The molecule has 0 aliphatic rings. The Kier molecular flexibility index (Phi) is 4.47. The second-order valence-corrected chi connectivity index (χ2v) is 4.42. The predicted octanol–water partition coefficient (Wildman–Crippen LogP) is 3.80. The van der Waals surface area contributed by atoms with Crippen LogP contribution in [0.25, 0.3) is 0 Å². The number of halogens is 2. The summed E-state index contributed by atoms with van der Waals surface area (Å²) in [5, 5.41) is 9.06. The molecule has 1 aromatic heterocycles. The second kappa shape index (κ2) is 6.30. The highest BCUT2D eigenvalue weighted by Crippen LogP contribution is 2.23. The monoisotopic (exact) mass is 293 g/mol. The number of nitrogens with zero attached hydrogens (tertiary/aromatic N) is 1. The SMILES string of the molecule is CCCc1cc(C(=O)O)cc(Oc2ccc(F)c(F)c2)n1. The van der Waals surface area contributed by atoms with Crippen molar-refractivity contribution in [2.45, 2.75) is 19.8 Å². The molecule has 1 heterocycles. The number of aromatic nitrogens is 1. The van der Waals surface area contributed by atoms with Crippen molar-refractivity contribution < 1.29 is 23.4 Å². The maximum absolute atomic E-state index is 13.1. The van der Waals surface area contributed by atoms with Crippen LogP contribution in [0, 0.1) is 11.6 Å². The van der Waals surface area contributed by atoms with Crippen LogP contribution in [0.15, 0.2) is 30.3 Å². The van der Waals surface area contributed by atoms with Crippen molar-refractivity contribution in [3.8, 4) is 11.6 Å². The van der Waals surface area contributed by atoms with Crippen LogP contribution in [0.1, 0.15) is 29.4 Å². The van der Waals surface area contributed by atoms with Crippen molar-refractivity contribution in [3.63, 3.8) is 0 Å². The number of ether oxygens (including phenoxy) is 1. The van der Waals surface area contributed by atoms with E-state index in [1.165, 1.54) is 18.2 Å². The van der Waals surface area contributed by atoms with Gasteiger partial charge in [-0.25, -0.2) is 18.6 Å². The minimum atomic E-state index is -1.11. The molecule has 0 saturated heterocycles. The summed E-state index contributed by atoms with van der Waals surface area (Å²) in [5.74, 6) is -3.06. The largest absolute Gasteiger partial charge is 0.478 e. The fraction of sp³-hybridized carbons (Fsp3) is 0.200. The standard InChI is InChI=1S/C15H13F2NO3/c1-2-3-10-6-9(15(19)20)7-14(18-10)21-11-4-5-12(16)13(17)8-11/h4-8H,2-3H2,1H3,(H,19,20). The number of carboxylic acids is 1. The molecule has 0 aliphatic heterocycles. The molecule has 2 aromatic rings. The minimum absolute atomic E-state index is 0.0318. The van der Waals surface area contributed by atoms with Crippen molar-refractivity contribution in [1.29, 1.82) is 0 Å². The third-order valence-corrected chi connectivity index (χ3v) is 2.72. The highest BCUT2D eigenvalue weighted by Gasteiger charge is 2.11. The first kappa shape index (κ1) is 14.9. The first-order chi connectivity index (χ1) is 9.99. The van der Waals surface area contributed by atoms with Gasteiger partial charge in [0.05, 0.1) is 5.56 Å². The van der Waals surface area contributed by atoms with E-state index in [0.29, 0.717) is 12.1 Å². The molecule has 2 rings (SSSR count). The molecule has 0 amide bonds. The molecule has 6 heteroatoms. The molecule has 0 saturated carbocycles. The highest BCUT2D eigenvalue weighted by molar-refractivity contribution is 5.88. The van der Waals surface area contributed by atoms with E-state index in [-0.39, 0.29) is 17.2 Å². The van der Waals surface area contributed by atoms with Crippen LogP contribution in [0.3, 0.4) is 0 Å². The molecular weight excluding hydrogens is 280 g/mol. The lowest BCUT2D eigenvalue weighted by Crippen LogP contribution is -2.02. The van der Waals surface area contributed by atoms with Gasteiger partial charge in [0, 0.05) is 17.8 Å². The van der Waals surface area contributed by atoms with Crippen molar-refractivity contribution in [2.24, 2.45) is 0 Å². The van der Waals surface area contributed by atoms with E-state index < -0.39 is 17.6 Å². The van der Waals surface area contributed by atoms with Gasteiger partial charge >= 0.3 is 5.97 Å². The number of hydrogen-bond acceptors (Lipinski definition) is 3. The summed E-state index contributed by atoms with van der Waals surface area (Å²) in [6.45, 7) is 1.94. The molecular formula is C15H13F2NO3. The number of aryl methyl sites for hydroxylation is 1. The topological polar surface area (TPSA) is 59.4 Å². The zero-order valence-electron chi connectivity index (χ0n) is 11.3. The maximum atomic E-state index is 13.1. The zero-order chi connectivity index (χ0) is 15.4. The normalized spacial score (nSPS) is 10.4. The molecule has 0 spiro atoms. The summed E-state index contributed by atoms with van der Waals surface area (Å²) in [6, 6.07) is 5.75. The Morgan fingerprint density at radius 3 is 2.62 bits per heavy atom. The average Bonchev–Trinajstić information content (AvgIpc) is 2.43. The van der Waals surface area contributed by atoms with Gasteiger partial charge in [-0.2, -0.15) is 0 Å². The molecule has 21 heavy (non-hydrogen) atoms. The Morgan fingerprint density at radius 2 is 2.00 bits per heavy atom. The van der Waals surface area contributed by atoms with Gasteiger partial charge in [0.25, 0.3) is 0 Å². The summed E-state index contributed by atoms with van der Waals surface area (Å²) in [6.07, 6.45) is 1.38. The fourth-order valence-corrected chi connectivity index (χ4v) is 1.78. The molecule has 0 aliphatic carbocycles. The van der Waals surface area contributed by atoms with Gasteiger partial charge in [0.2, 0.25) is 5.88 Å². The Hall–Kier alpha value is -2.50. The lowest BCUT2D eigenvalue weighted by Gasteiger charge is -2.08. The van der Waals surface area contributed by atoms with Crippen LogP contribution in [0.4, 0.5) is 8.78 Å². The number of carboxylic acid groups (broad SMARTS) is 1. The van der Waals surface area contributed by atoms with Crippen LogP contribution >= 0.6 is 0 Å². The summed E-state index contributed by atoms with van der Waals surface area (Å²) in [4.78, 5) is 15.2. The summed E-state index contributed by atoms with van der Waals surface area (Å²) in [5.41, 5.74) is 0.598. The van der Waals surface area contributed by atoms with Gasteiger partial charge in [-0.3, -0.25) is 0 Å². The van der Waals surface area contributed by atoms with Gasteiger partial charge in [-0.05, 0) is 24.6 Å². The molecule has 0 bridgehead atoms. The van der Waals surface area contributed by atoms with E-state index in [0.717, 1.165) is 18.6 Å². The highest BCUT2D eigenvalue weighted by atomic mass is 19.2. The Labute approximate surface area is 120 Å². The van der Waals surface area contributed by atoms with Gasteiger partial charge in [0.1, 0.15) is 5.75 Å². The summed E-state index contributed by atoms with van der Waals surface area (Å²) >= 11 is 0. The van der Waals surface area contributed by atoms with Crippen LogP contribution in [-0.2, 0) is 6.42 Å². The van der Waals surface area contributed by atoms with Crippen molar-refractivity contribution >= 4 is 5.97 Å². The third kappa shape index (κ3) is 3.75. The number of benzene rings is 1. The molecule has 4 nitrogen and oxygen atoms in total. The first-order valence-electron chi connectivity index (χ1n) is 6.36. The average molecular weight is 293 g/mol. The van der Waals surface area contributed by atoms with Crippen molar-refractivity contribution in [2.75, 3.05) is 0 Å². The van der Waals surface area contributed by atoms with E-state index in [9.17, 15) is 13.6 Å². The Bertz CT molecular complexity index is 674. The van der Waals surface area contributed by atoms with Gasteiger partial charge in [0.15, 0.2) is 11.6 Å². The van der Waals surface area contributed by atoms with Gasteiger partial charge < -0.3 is 9.84 Å². The lowest BCUT2D eigenvalue weighted by atomic mass is 10.1. The number of hydrogen-bond donors (Lipinski definition) is 1. The molecule has 110 valence electrons. The predicted molar refractivity (Wildman–Crippen MR) is 71.6 cm³/mol. The zero-order valence-corrected chi connectivity index (χ0v) is 11.3. The molecule has 0 atom stereocenters. The van der Waals surface area contributed by atoms with Crippen LogP contribution in [0.2, 0.25) is 0 Å². The molecule has 1 N–H and O–H groups in total. The molecule has 1 aromatic carbocycles. The molecule has 0 unspecified atom stereocenters. The lowest BCUT2D eigenvalue weighted by molar-refractivity contribution is 0.0696. The van der Waals surface area contributed by atoms with Crippen LogP contribution < -0.4 is 4.74 Å². The van der Waals surface area contributed by atoms with Crippen molar-refractivity contribution in [1.82, 2.24) is 4.98 Å². The van der Waals surface area contributed by atoms with E-state index in [1.54, 1.807) is 0 Å². The molecule has 0 fully saturated rings. The van der Waals surface area contributed by atoms with E-state index in [4.69, 9.17) is 9.84 Å². The number of aromatic carboxylic acids is 1. The Morgan fingerprint density at radius 1 is 1.24 bits per heavy atom. The third-order valence-electron chi connectivity index (χ3n) is 2.72. The fourth-order valence-electron chi connectivity index (χ4n) is 1.78. The first-order valence-corrected chi connectivity index (χ1v) is 6.36. The van der Waals surface area contributed by atoms with E-state index >= 15 is 0 Å². The number of rotatable bonds is 5. The van der Waals surface area contributed by atoms with Crippen LogP contribution in [0.5, 0.6) is 11.6 Å². The van der Waals surface area contributed by atoms with Gasteiger partial charge in [-0.15, -0.1) is 0 Å². The summed E-state index contributed by atoms with van der Waals surface area (Å²) in [7, 11) is 0. The number of pyridine rings is 1. The van der Waals surface area contributed by atoms with Crippen molar-refractivity contribution in [3.05, 3.63) is 53.2 Å². The van der Waals surface area contributed by atoms with E-state index in [1.807, 2.05) is 6.92 Å².